The fourth-order valence-corrected chi connectivity index (χ4v) is 3.83. The number of rotatable bonds is 3. The minimum Gasteiger partial charge on any atom is -0.506 e. The molecule has 0 radical (unpaired) electrons. The smallest absolute Gasteiger partial charge is 0.143 e. The molecule has 1 saturated carbocycles. The molecule has 2 heterocycles. The maximum atomic E-state index is 9.91. The average Bonchev–Trinajstić information content (AvgIpc) is 3.20. The number of aromatic hydroxyl groups is 1. The number of hydrogen-bond donors (Lipinski definition) is 1. The van der Waals surface area contributed by atoms with Gasteiger partial charge < -0.3 is 5.11 Å². The summed E-state index contributed by atoms with van der Waals surface area (Å²) in [7, 11) is 0. The Bertz CT molecular complexity index is 778. The SMILES string of the molecule is Oc1cnccc1-c1csc(C2(c3ccccc3)CC2)n1. The molecular weight excluding hydrogens is 280 g/mol. The minimum atomic E-state index is 0.0901. The van der Waals surface area contributed by atoms with E-state index in [1.54, 1.807) is 23.6 Å². The summed E-state index contributed by atoms with van der Waals surface area (Å²) in [6.45, 7) is 0. The molecule has 0 spiro atoms. The highest BCUT2D eigenvalue weighted by Gasteiger charge is 2.48. The van der Waals surface area contributed by atoms with Crippen molar-refractivity contribution in [2.75, 3.05) is 0 Å². The van der Waals surface area contributed by atoms with Crippen molar-refractivity contribution < 1.29 is 5.11 Å². The molecule has 0 saturated heterocycles. The number of benzene rings is 1. The maximum absolute atomic E-state index is 9.91. The first-order chi connectivity index (χ1) is 10.3. The van der Waals surface area contributed by atoms with E-state index in [1.807, 2.05) is 11.4 Å². The second-order valence-corrected chi connectivity index (χ2v) is 6.24. The normalized spacial score (nSPS) is 15.8. The van der Waals surface area contributed by atoms with Gasteiger partial charge in [-0.1, -0.05) is 30.3 Å². The Balaban J connectivity index is 1.74. The summed E-state index contributed by atoms with van der Waals surface area (Å²) in [6, 6.07) is 12.4. The van der Waals surface area contributed by atoms with Crippen LogP contribution in [0.5, 0.6) is 5.75 Å². The molecule has 104 valence electrons. The van der Waals surface area contributed by atoms with Crippen molar-refractivity contribution in [3.8, 4) is 17.0 Å². The van der Waals surface area contributed by atoms with E-state index in [0.717, 1.165) is 29.1 Å². The van der Waals surface area contributed by atoms with E-state index in [1.165, 1.54) is 11.8 Å². The van der Waals surface area contributed by atoms with Gasteiger partial charge in [0.1, 0.15) is 10.8 Å². The standard InChI is InChI=1S/C17H14N2OS/c20-15-10-18-9-6-13(15)14-11-21-16(19-14)17(7-8-17)12-4-2-1-3-5-12/h1-6,9-11,20H,7-8H2. The zero-order chi connectivity index (χ0) is 14.3. The van der Waals surface area contributed by atoms with Crippen LogP contribution < -0.4 is 0 Å². The zero-order valence-electron chi connectivity index (χ0n) is 11.4. The summed E-state index contributed by atoms with van der Waals surface area (Å²) in [4.78, 5) is 8.69. The van der Waals surface area contributed by atoms with Crippen LogP contribution in [0.1, 0.15) is 23.4 Å². The van der Waals surface area contributed by atoms with Crippen molar-refractivity contribution >= 4 is 11.3 Å². The number of thiazole rings is 1. The third kappa shape index (κ3) is 2.03. The lowest BCUT2D eigenvalue weighted by molar-refractivity contribution is 0.474. The lowest BCUT2D eigenvalue weighted by Crippen LogP contribution is -2.07. The molecule has 1 aromatic carbocycles. The van der Waals surface area contributed by atoms with Gasteiger partial charge in [-0.05, 0) is 24.5 Å². The zero-order valence-corrected chi connectivity index (χ0v) is 12.2. The van der Waals surface area contributed by atoms with Crippen LogP contribution in [0.25, 0.3) is 11.3 Å². The Morgan fingerprint density at radius 1 is 1.10 bits per heavy atom. The van der Waals surface area contributed by atoms with E-state index in [9.17, 15) is 5.11 Å². The van der Waals surface area contributed by atoms with Crippen LogP contribution in [0.2, 0.25) is 0 Å². The van der Waals surface area contributed by atoms with Crippen LogP contribution in [-0.4, -0.2) is 15.1 Å². The number of nitrogens with zero attached hydrogens (tertiary/aromatic N) is 2. The molecule has 0 amide bonds. The molecule has 1 fully saturated rings. The topological polar surface area (TPSA) is 46.0 Å². The quantitative estimate of drug-likeness (QED) is 0.794. The van der Waals surface area contributed by atoms with E-state index >= 15 is 0 Å². The van der Waals surface area contributed by atoms with Gasteiger partial charge in [0.05, 0.1) is 11.9 Å². The molecule has 2 aromatic heterocycles. The van der Waals surface area contributed by atoms with Gasteiger partial charge in [0.25, 0.3) is 0 Å². The van der Waals surface area contributed by atoms with Crippen LogP contribution >= 0.6 is 11.3 Å². The highest BCUT2D eigenvalue weighted by Crippen LogP contribution is 2.54. The summed E-state index contributed by atoms with van der Waals surface area (Å²) in [5.74, 6) is 0.180. The maximum Gasteiger partial charge on any atom is 0.143 e. The Hall–Kier alpha value is -2.20. The van der Waals surface area contributed by atoms with Gasteiger partial charge in [-0.15, -0.1) is 11.3 Å². The molecule has 4 heteroatoms. The average molecular weight is 294 g/mol. The molecule has 0 unspecified atom stereocenters. The molecule has 3 nitrogen and oxygen atoms in total. The Morgan fingerprint density at radius 2 is 1.90 bits per heavy atom. The van der Waals surface area contributed by atoms with E-state index < -0.39 is 0 Å². The lowest BCUT2D eigenvalue weighted by Gasteiger charge is -2.12. The minimum absolute atomic E-state index is 0.0901. The highest BCUT2D eigenvalue weighted by atomic mass is 32.1. The second kappa shape index (κ2) is 4.67. The van der Waals surface area contributed by atoms with Crippen molar-refractivity contribution in [1.29, 1.82) is 0 Å². The third-order valence-corrected chi connectivity index (χ3v) is 5.11. The molecule has 4 rings (SSSR count). The summed E-state index contributed by atoms with van der Waals surface area (Å²) < 4.78 is 0. The molecule has 0 bridgehead atoms. The molecular formula is C17H14N2OS. The summed E-state index contributed by atoms with van der Waals surface area (Å²) in [5, 5.41) is 13.1. The van der Waals surface area contributed by atoms with Gasteiger partial charge in [-0.3, -0.25) is 4.98 Å². The first kappa shape index (κ1) is 12.5. The number of aromatic nitrogens is 2. The second-order valence-electron chi connectivity index (χ2n) is 5.38. The fraction of sp³-hybridized carbons (Fsp3) is 0.176. The summed E-state index contributed by atoms with van der Waals surface area (Å²) >= 11 is 1.67. The Labute approximate surface area is 127 Å². The molecule has 0 aliphatic heterocycles. The van der Waals surface area contributed by atoms with Crippen molar-refractivity contribution in [3.63, 3.8) is 0 Å². The van der Waals surface area contributed by atoms with Crippen molar-refractivity contribution in [2.24, 2.45) is 0 Å². The first-order valence-electron chi connectivity index (χ1n) is 6.94. The van der Waals surface area contributed by atoms with Gasteiger partial charge in [0.15, 0.2) is 0 Å². The van der Waals surface area contributed by atoms with Crippen molar-refractivity contribution in [1.82, 2.24) is 9.97 Å². The highest BCUT2D eigenvalue weighted by molar-refractivity contribution is 7.10. The molecule has 0 atom stereocenters. The van der Waals surface area contributed by atoms with Crippen LogP contribution in [-0.2, 0) is 5.41 Å². The van der Waals surface area contributed by atoms with Gasteiger partial charge in [0, 0.05) is 22.6 Å². The largest absolute Gasteiger partial charge is 0.506 e. The van der Waals surface area contributed by atoms with Crippen LogP contribution in [0.15, 0.2) is 54.2 Å². The van der Waals surface area contributed by atoms with Crippen molar-refractivity contribution in [2.45, 2.75) is 18.3 Å². The van der Waals surface area contributed by atoms with Crippen molar-refractivity contribution in [3.05, 3.63) is 64.7 Å². The Morgan fingerprint density at radius 3 is 2.62 bits per heavy atom. The molecule has 21 heavy (non-hydrogen) atoms. The van der Waals surface area contributed by atoms with E-state index in [0.29, 0.717) is 0 Å². The molecule has 1 aliphatic rings. The number of hydrogen-bond acceptors (Lipinski definition) is 4. The molecule has 1 aliphatic carbocycles. The predicted octanol–water partition coefficient (Wildman–Crippen LogP) is 3.99. The van der Waals surface area contributed by atoms with Gasteiger partial charge in [-0.2, -0.15) is 0 Å². The fourth-order valence-electron chi connectivity index (χ4n) is 2.73. The summed E-state index contributed by atoms with van der Waals surface area (Å²) in [6.07, 6.45) is 5.43. The van der Waals surface area contributed by atoms with Crippen LogP contribution in [0, 0.1) is 0 Å². The van der Waals surface area contributed by atoms with E-state index in [2.05, 4.69) is 29.2 Å². The summed E-state index contributed by atoms with van der Waals surface area (Å²) in [5.41, 5.74) is 3.01. The van der Waals surface area contributed by atoms with E-state index in [4.69, 9.17) is 4.98 Å². The third-order valence-electron chi connectivity index (χ3n) is 4.07. The van der Waals surface area contributed by atoms with Crippen LogP contribution in [0.3, 0.4) is 0 Å². The van der Waals surface area contributed by atoms with Crippen LogP contribution in [0.4, 0.5) is 0 Å². The first-order valence-corrected chi connectivity index (χ1v) is 7.82. The van der Waals surface area contributed by atoms with Gasteiger partial charge in [0.2, 0.25) is 0 Å². The molecule has 3 aromatic rings. The number of pyridine rings is 1. The van der Waals surface area contributed by atoms with Gasteiger partial charge >= 0.3 is 0 Å². The van der Waals surface area contributed by atoms with Gasteiger partial charge in [-0.25, -0.2) is 4.98 Å². The molecule has 1 N–H and O–H groups in total. The predicted molar refractivity (Wildman–Crippen MR) is 83.5 cm³/mol. The monoisotopic (exact) mass is 294 g/mol. The van der Waals surface area contributed by atoms with E-state index in [-0.39, 0.29) is 11.2 Å². The Kier molecular flexibility index (Phi) is 2.79. The lowest BCUT2D eigenvalue weighted by atomic mass is 9.97.